The van der Waals surface area contributed by atoms with Crippen molar-refractivity contribution < 1.29 is 22.0 Å². The maximum absolute atomic E-state index is 13.1. The molecule has 0 atom stereocenters. The molecule has 7 nitrogen and oxygen atoms in total. The number of rotatable bonds is 7. The summed E-state index contributed by atoms with van der Waals surface area (Å²) in [5, 5.41) is 2.10. The van der Waals surface area contributed by atoms with E-state index in [2.05, 4.69) is 10.3 Å². The maximum atomic E-state index is 13.1. The minimum Gasteiger partial charge on any atom is -0.348 e. The Hall–Kier alpha value is -2.07. The summed E-state index contributed by atoms with van der Waals surface area (Å²) in [4.78, 5) is 16.2. The number of nitrogens with one attached hydrogen (secondary N) is 1. The van der Waals surface area contributed by atoms with Gasteiger partial charge in [0.15, 0.2) is 9.84 Å². The molecule has 132 valence electrons. The van der Waals surface area contributed by atoms with Crippen molar-refractivity contribution in [3.05, 3.63) is 30.1 Å². The molecule has 0 aliphatic carbocycles. The first-order valence-electron chi connectivity index (χ1n) is 7.08. The fourth-order valence-electron chi connectivity index (χ4n) is 2.15. The first-order chi connectivity index (χ1) is 11.1. The quantitative estimate of drug-likeness (QED) is 0.738. The van der Waals surface area contributed by atoms with Crippen LogP contribution in [0.5, 0.6) is 0 Å². The molecule has 0 radical (unpaired) electrons. The van der Waals surface area contributed by atoms with Gasteiger partial charge in [0.2, 0.25) is 5.91 Å². The summed E-state index contributed by atoms with van der Waals surface area (Å²) >= 11 is 0. The highest BCUT2D eigenvalue weighted by molar-refractivity contribution is 7.89. The molecular weight excluding hydrogens is 342 g/mol. The van der Waals surface area contributed by atoms with Crippen molar-refractivity contribution in [2.75, 3.05) is 19.3 Å². The summed E-state index contributed by atoms with van der Waals surface area (Å²) in [5.74, 6) is -4.05. The van der Waals surface area contributed by atoms with Gasteiger partial charge in [0.1, 0.15) is 18.1 Å². The predicted octanol–water partition coefficient (Wildman–Crippen LogP) is 0.291. The lowest BCUT2D eigenvalue weighted by Gasteiger charge is -2.15. The Balaban J connectivity index is 2.26. The fraction of sp³-hybridized carbons (Fsp3) is 0.429. The third-order valence-electron chi connectivity index (χ3n) is 3.27. The Labute approximate surface area is 137 Å². The molecule has 0 bridgehead atoms. The zero-order valence-electron chi connectivity index (χ0n) is 13.0. The second-order valence-corrected chi connectivity index (χ2v) is 7.65. The lowest BCUT2D eigenvalue weighted by molar-refractivity contribution is -0.123. The number of nitrogens with two attached hydrogens (primary N) is 1. The van der Waals surface area contributed by atoms with E-state index < -0.39 is 34.8 Å². The van der Waals surface area contributed by atoms with E-state index in [-0.39, 0.29) is 18.1 Å². The highest BCUT2D eigenvalue weighted by Gasteiger charge is 2.27. The van der Waals surface area contributed by atoms with Crippen molar-refractivity contribution in [3.8, 4) is 0 Å². The molecule has 0 saturated carbocycles. The number of imidazole rings is 1. The van der Waals surface area contributed by atoms with E-state index in [1.165, 1.54) is 4.57 Å². The van der Waals surface area contributed by atoms with Gasteiger partial charge in [-0.25, -0.2) is 22.2 Å². The molecule has 2 rings (SSSR count). The molecule has 0 aliphatic heterocycles. The van der Waals surface area contributed by atoms with Crippen LogP contribution in [0.25, 0.3) is 11.0 Å². The topological polar surface area (TPSA) is 107 Å². The molecule has 1 amide bonds. The number of hydrogen-bond donors (Lipinski definition) is 2. The molecule has 1 heterocycles. The fourth-order valence-corrected chi connectivity index (χ4v) is 2.84. The smallest absolute Gasteiger partial charge is 0.277 e. The molecule has 0 fully saturated rings. The number of hydrogen-bond acceptors (Lipinski definition) is 5. The number of alkyl halides is 2. The summed E-state index contributed by atoms with van der Waals surface area (Å²) < 4.78 is 50.7. The SMILES string of the molecule is CS(=O)(=O)Cc1nc2ccccc2n1CC(=O)NCC(F)(F)CN. The van der Waals surface area contributed by atoms with Crippen LogP contribution in [0.15, 0.2) is 24.3 Å². The van der Waals surface area contributed by atoms with Crippen molar-refractivity contribution >= 4 is 26.8 Å². The van der Waals surface area contributed by atoms with Crippen molar-refractivity contribution in [1.29, 1.82) is 0 Å². The van der Waals surface area contributed by atoms with Crippen molar-refractivity contribution in [1.82, 2.24) is 14.9 Å². The minimum absolute atomic E-state index is 0.180. The number of halogens is 2. The summed E-state index contributed by atoms with van der Waals surface area (Å²) in [6.07, 6.45) is 1.05. The zero-order valence-corrected chi connectivity index (χ0v) is 13.8. The maximum Gasteiger partial charge on any atom is 0.277 e. The van der Waals surface area contributed by atoms with Gasteiger partial charge in [-0.3, -0.25) is 4.79 Å². The third kappa shape index (κ3) is 4.71. The minimum atomic E-state index is -3.37. The summed E-state index contributed by atoms with van der Waals surface area (Å²) in [6.45, 7) is -2.07. The largest absolute Gasteiger partial charge is 0.348 e. The van der Waals surface area contributed by atoms with E-state index in [1.54, 1.807) is 24.3 Å². The number of nitrogens with zero attached hydrogens (tertiary/aromatic N) is 2. The number of aromatic nitrogens is 2. The summed E-state index contributed by atoms with van der Waals surface area (Å²) in [6, 6.07) is 6.80. The monoisotopic (exact) mass is 360 g/mol. The molecule has 2 aromatic rings. The Morgan fingerprint density at radius 3 is 2.67 bits per heavy atom. The number of benzene rings is 1. The molecule has 1 aromatic heterocycles. The second kappa shape index (κ2) is 6.81. The van der Waals surface area contributed by atoms with Crippen molar-refractivity contribution in [2.24, 2.45) is 5.73 Å². The Morgan fingerprint density at radius 1 is 1.38 bits per heavy atom. The molecule has 0 unspecified atom stereocenters. The van der Waals surface area contributed by atoms with Gasteiger partial charge in [-0.1, -0.05) is 12.1 Å². The average Bonchev–Trinajstić information content (AvgIpc) is 2.81. The molecule has 0 spiro atoms. The van der Waals surface area contributed by atoms with Crippen LogP contribution in [0.1, 0.15) is 5.82 Å². The van der Waals surface area contributed by atoms with Crippen molar-refractivity contribution in [3.63, 3.8) is 0 Å². The standard InChI is InChI=1S/C14H18F2N4O3S/c1-24(22,23)7-12-19-10-4-2-3-5-11(10)20(12)6-13(21)18-9-14(15,16)8-17/h2-5H,6-9,17H2,1H3,(H,18,21). The molecule has 3 N–H and O–H groups in total. The third-order valence-corrected chi connectivity index (χ3v) is 4.05. The first-order valence-corrected chi connectivity index (χ1v) is 9.14. The van der Waals surface area contributed by atoms with E-state index >= 15 is 0 Å². The van der Waals surface area contributed by atoms with Crippen LogP contribution in [0, 0.1) is 0 Å². The Kier molecular flexibility index (Phi) is 5.19. The van der Waals surface area contributed by atoms with Crippen LogP contribution < -0.4 is 11.1 Å². The number of amides is 1. The average molecular weight is 360 g/mol. The zero-order chi connectivity index (χ0) is 18.0. The van der Waals surface area contributed by atoms with E-state index in [0.717, 1.165) is 6.26 Å². The Bertz CT molecular complexity index is 849. The molecule has 1 aromatic carbocycles. The van der Waals surface area contributed by atoms with Gasteiger partial charge in [0.05, 0.1) is 24.1 Å². The van der Waals surface area contributed by atoms with Gasteiger partial charge < -0.3 is 15.6 Å². The van der Waals surface area contributed by atoms with Crippen LogP contribution in [0.2, 0.25) is 0 Å². The Morgan fingerprint density at radius 2 is 2.04 bits per heavy atom. The number of sulfone groups is 1. The normalized spacial score (nSPS) is 12.5. The number of fused-ring (bicyclic) bond motifs is 1. The van der Waals surface area contributed by atoms with E-state index in [0.29, 0.717) is 11.0 Å². The number of carbonyl (C=O) groups is 1. The molecule has 0 saturated heterocycles. The van der Waals surface area contributed by atoms with Gasteiger partial charge in [-0.2, -0.15) is 0 Å². The first kappa shape index (κ1) is 18.3. The highest BCUT2D eigenvalue weighted by atomic mass is 32.2. The number of para-hydroxylation sites is 2. The summed E-state index contributed by atoms with van der Waals surface area (Å²) in [7, 11) is -3.37. The van der Waals surface area contributed by atoms with Gasteiger partial charge >= 0.3 is 0 Å². The van der Waals surface area contributed by atoms with Gasteiger partial charge in [0, 0.05) is 6.26 Å². The highest BCUT2D eigenvalue weighted by Crippen LogP contribution is 2.17. The van der Waals surface area contributed by atoms with E-state index in [1.807, 2.05) is 0 Å². The lowest BCUT2D eigenvalue weighted by atomic mass is 10.3. The summed E-state index contributed by atoms with van der Waals surface area (Å²) in [5.41, 5.74) is 5.99. The van der Waals surface area contributed by atoms with E-state index in [4.69, 9.17) is 5.73 Å². The van der Waals surface area contributed by atoms with Crippen LogP contribution >= 0.6 is 0 Å². The van der Waals surface area contributed by atoms with Crippen molar-refractivity contribution in [2.45, 2.75) is 18.2 Å². The van der Waals surface area contributed by atoms with Crippen LogP contribution in [-0.4, -0.2) is 49.1 Å². The van der Waals surface area contributed by atoms with E-state index in [9.17, 15) is 22.0 Å². The lowest BCUT2D eigenvalue weighted by Crippen LogP contribution is -2.42. The van der Waals surface area contributed by atoms with Gasteiger partial charge in [-0.15, -0.1) is 0 Å². The predicted molar refractivity (Wildman–Crippen MR) is 85.3 cm³/mol. The van der Waals surface area contributed by atoms with Gasteiger partial charge in [-0.05, 0) is 12.1 Å². The molecular formula is C14H18F2N4O3S. The van der Waals surface area contributed by atoms with Crippen LogP contribution in [0.4, 0.5) is 8.78 Å². The second-order valence-electron chi connectivity index (χ2n) is 5.51. The molecule has 10 heteroatoms. The van der Waals surface area contributed by atoms with Gasteiger partial charge in [0.25, 0.3) is 5.92 Å². The van der Waals surface area contributed by atoms with Crippen LogP contribution in [-0.2, 0) is 26.9 Å². The number of carbonyl (C=O) groups excluding carboxylic acids is 1. The molecule has 24 heavy (non-hydrogen) atoms. The molecule has 0 aliphatic rings. The van der Waals surface area contributed by atoms with Crippen LogP contribution in [0.3, 0.4) is 0 Å².